The van der Waals surface area contributed by atoms with Crippen LogP contribution in [0, 0.1) is 0 Å². The summed E-state index contributed by atoms with van der Waals surface area (Å²) in [6.07, 6.45) is 3.66. The Kier molecular flexibility index (Phi) is 3.68. The van der Waals surface area contributed by atoms with Crippen LogP contribution >= 0.6 is 0 Å². The van der Waals surface area contributed by atoms with E-state index >= 15 is 0 Å². The van der Waals surface area contributed by atoms with E-state index < -0.39 is 0 Å². The number of nitrogens with zero attached hydrogens (tertiary/aromatic N) is 2. The number of aromatic nitrogens is 3. The third-order valence-electron chi connectivity index (χ3n) is 4.29. The summed E-state index contributed by atoms with van der Waals surface area (Å²) in [5.41, 5.74) is 2.17. The second kappa shape index (κ2) is 6.01. The monoisotopic (exact) mass is 336 g/mol. The lowest BCUT2D eigenvalue weighted by molar-refractivity contribution is 0.0956. The lowest BCUT2D eigenvalue weighted by atomic mass is 9.93. The van der Waals surface area contributed by atoms with Crippen LogP contribution in [-0.2, 0) is 6.42 Å². The predicted molar refractivity (Wildman–Crippen MR) is 92.1 cm³/mol. The van der Waals surface area contributed by atoms with Crippen LogP contribution in [0.4, 0.5) is 5.82 Å². The van der Waals surface area contributed by atoms with E-state index in [0.717, 1.165) is 23.9 Å². The number of nitrogens with one attached hydrogen (secondary N) is 2. The van der Waals surface area contributed by atoms with Gasteiger partial charge < -0.3 is 15.0 Å². The number of carbonyl (C=O) groups excluding carboxylic acids is 2. The highest BCUT2D eigenvalue weighted by Crippen LogP contribution is 2.25. The highest BCUT2D eigenvalue weighted by Gasteiger charge is 2.26. The predicted octanol–water partition coefficient (Wildman–Crippen LogP) is 2.74. The van der Waals surface area contributed by atoms with Crippen molar-refractivity contribution in [1.82, 2.24) is 15.0 Å². The molecule has 1 aliphatic rings. The van der Waals surface area contributed by atoms with Gasteiger partial charge in [0, 0.05) is 29.8 Å². The Labute approximate surface area is 143 Å². The Morgan fingerprint density at radius 1 is 1.20 bits per heavy atom. The van der Waals surface area contributed by atoms with Crippen LogP contribution in [0.5, 0.6) is 5.88 Å². The van der Waals surface area contributed by atoms with Gasteiger partial charge in [-0.05, 0) is 31.0 Å². The maximum Gasteiger partial charge on any atom is 0.259 e. The zero-order chi connectivity index (χ0) is 17.4. The summed E-state index contributed by atoms with van der Waals surface area (Å²) in [7, 11) is 1.53. The molecule has 0 bridgehead atoms. The first-order valence-corrected chi connectivity index (χ1v) is 8.02. The summed E-state index contributed by atoms with van der Waals surface area (Å²) in [5, 5.41) is 3.58. The highest BCUT2D eigenvalue weighted by molar-refractivity contribution is 6.13. The number of rotatable bonds is 3. The molecule has 0 spiro atoms. The molecule has 0 atom stereocenters. The summed E-state index contributed by atoms with van der Waals surface area (Å²) in [6.45, 7) is 0. The van der Waals surface area contributed by atoms with Crippen molar-refractivity contribution >= 4 is 28.5 Å². The Morgan fingerprint density at radius 3 is 2.88 bits per heavy atom. The number of pyridine rings is 2. The summed E-state index contributed by atoms with van der Waals surface area (Å²) in [6, 6.07) is 7.12. The maximum atomic E-state index is 12.6. The smallest absolute Gasteiger partial charge is 0.259 e. The second-order valence-electron chi connectivity index (χ2n) is 5.88. The number of carbonyl (C=O) groups is 2. The summed E-state index contributed by atoms with van der Waals surface area (Å²) < 4.78 is 5.10. The quantitative estimate of drug-likeness (QED) is 0.766. The Hall–Kier alpha value is -3.22. The molecule has 0 aliphatic heterocycles. The lowest BCUT2D eigenvalue weighted by Crippen LogP contribution is -2.18. The number of methoxy groups -OCH3 is 1. The third-order valence-corrected chi connectivity index (χ3v) is 4.29. The number of amides is 1. The minimum atomic E-state index is -0.359. The zero-order valence-electron chi connectivity index (χ0n) is 13.6. The van der Waals surface area contributed by atoms with E-state index in [-0.39, 0.29) is 11.7 Å². The van der Waals surface area contributed by atoms with Gasteiger partial charge in [-0.1, -0.05) is 0 Å². The molecular formula is C18H16N4O3. The van der Waals surface area contributed by atoms with Crippen LogP contribution in [0.15, 0.2) is 30.5 Å². The molecule has 0 aromatic carbocycles. The summed E-state index contributed by atoms with van der Waals surface area (Å²) >= 11 is 0. The number of fused-ring (bicyclic) bond motifs is 2. The van der Waals surface area contributed by atoms with Gasteiger partial charge >= 0.3 is 0 Å². The second-order valence-corrected chi connectivity index (χ2v) is 5.88. The van der Waals surface area contributed by atoms with Crippen LogP contribution in [0.2, 0.25) is 0 Å². The minimum absolute atomic E-state index is 0.00511. The molecule has 1 aliphatic carbocycles. The van der Waals surface area contributed by atoms with Crippen molar-refractivity contribution in [3.63, 3.8) is 0 Å². The van der Waals surface area contributed by atoms with Gasteiger partial charge in [0.2, 0.25) is 5.88 Å². The van der Waals surface area contributed by atoms with Crippen LogP contribution in [0.1, 0.15) is 39.3 Å². The number of ether oxygens (including phenoxy) is 1. The van der Waals surface area contributed by atoms with Gasteiger partial charge in [-0.2, -0.15) is 4.98 Å². The normalized spacial score (nSPS) is 13.6. The topological polar surface area (TPSA) is 97.0 Å². The molecule has 25 heavy (non-hydrogen) atoms. The number of anilines is 1. The van der Waals surface area contributed by atoms with Gasteiger partial charge in [-0.3, -0.25) is 9.59 Å². The number of aryl methyl sites for hydroxylation is 1. The molecule has 1 amide bonds. The van der Waals surface area contributed by atoms with Crippen molar-refractivity contribution in [3.05, 3.63) is 47.3 Å². The standard InChI is InChI=1S/C18H16N4O3/c1-25-15-8-6-10-5-7-14(20-17(10)22-15)21-18(24)11-9-19-12-3-2-4-13(23)16(11)12/h5-9,19H,2-4H2,1H3,(H,20,21,22,24). The molecule has 126 valence electrons. The number of Topliss-reactive ketones (excluding diaryl/α,β-unsaturated/α-hetero) is 1. The third kappa shape index (κ3) is 2.73. The molecule has 3 aromatic rings. The van der Waals surface area contributed by atoms with Crippen molar-refractivity contribution in [1.29, 1.82) is 0 Å². The van der Waals surface area contributed by atoms with Gasteiger partial charge in [0.25, 0.3) is 5.91 Å². The van der Waals surface area contributed by atoms with Crippen molar-refractivity contribution in [2.75, 3.05) is 12.4 Å². The molecule has 0 unspecified atom stereocenters. The van der Waals surface area contributed by atoms with E-state index in [2.05, 4.69) is 20.3 Å². The SMILES string of the molecule is COc1ccc2ccc(NC(=O)c3c[nH]c4c3C(=O)CCC4)nc2n1. The average molecular weight is 336 g/mol. The fourth-order valence-corrected chi connectivity index (χ4v) is 3.06. The first-order valence-electron chi connectivity index (χ1n) is 8.02. The molecule has 3 aromatic heterocycles. The first kappa shape index (κ1) is 15.3. The van der Waals surface area contributed by atoms with E-state index in [9.17, 15) is 9.59 Å². The molecule has 0 fully saturated rings. The van der Waals surface area contributed by atoms with E-state index in [1.807, 2.05) is 12.1 Å². The molecule has 3 heterocycles. The van der Waals surface area contributed by atoms with Gasteiger partial charge in [0.1, 0.15) is 5.82 Å². The Balaban J connectivity index is 1.64. The molecular weight excluding hydrogens is 320 g/mol. The summed E-state index contributed by atoms with van der Waals surface area (Å²) in [4.78, 5) is 36.4. The molecule has 2 N–H and O–H groups in total. The highest BCUT2D eigenvalue weighted by atomic mass is 16.5. The number of hydrogen-bond acceptors (Lipinski definition) is 5. The molecule has 0 radical (unpaired) electrons. The fraction of sp³-hybridized carbons (Fsp3) is 0.222. The molecule has 7 nitrogen and oxygen atoms in total. The van der Waals surface area contributed by atoms with Crippen LogP contribution in [0.3, 0.4) is 0 Å². The maximum absolute atomic E-state index is 12.6. The Morgan fingerprint density at radius 2 is 2.04 bits per heavy atom. The van der Waals surface area contributed by atoms with Crippen LogP contribution < -0.4 is 10.1 Å². The number of aromatic amines is 1. The van der Waals surface area contributed by atoms with Crippen molar-refractivity contribution in [2.24, 2.45) is 0 Å². The molecule has 0 saturated carbocycles. The van der Waals surface area contributed by atoms with Crippen LogP contribution in [0.25, 0.3) is 11.0 Å². The van der Waals surface area contributed by atoms with Crippen LogP contribution in [-0.4, -0.2) is 33.8 Å². The van der Waals surface area contributed by atoms with Crippen molar-refractivity contribution in [2.45, 2.75) is 19.3 Å². The number of H-pyrrole nitrogens is 1. The number of ketones is 1. The molecule has 7 heteroatoms. The largest absolute Gasteiger partial charge is 0.481 e. The minimum Gasteiger partial charge on any atom is -0.481 e. The van der Waals surface area contributed by atoms with E-state index in [1.54, 1.807) is 18.3 Å². The zero-order valence-corrected chi connectivity index (χ0v) is 13.6. The van der Waals surface area contributed by atoms with Gasteiger partial charge in [-0.25, -0.2) is 4.98 Å². The van der Waals surface area contributed by atoms with Crippen molar-refractivity contribution < 1.29 is 14.3 Å². The average Bonchev–Trinajstić information content (AvgIpc) is 3.06. The van der Waals surface area contributed by atoms with Gasteiger partial charge in [0.05, 0.1) is 18.2 Å². The van der Waals surface area contributed by atoms with E-state index in [4.69, 9.17) is 4.74 Å². The van der Waals surface area contributed by atoms with Gasteiger partial charge in [-0.15, -0.1) is 0 Å². The first-order chi connectivity index (χ1) is 12.2. The number of hydrogen-bond donors (Lipinski definition) is 2. The lowest BCUT2D eigenvalue weighted by Gasteiger charge is -2.11. The fourth-order valence-electron chi connectivity index (χ4n) is 3.06. The van der Waals surface area contributed by atoms with Crippen molar-refractivity contribution in [3.8, 4) is 5.88 Å². The van der Waals surface area contributed by atoms with Gasteiger partial charge in [0.15, 0.2) is 11.4 Å². The molecule has 4 rings (SSSR count). The summed E-state index contributed by atoms with van der Waals surface area (Å²) in [5.74, 6) is 0.471. The Bertz CT molecular complexity index is 993. The molecule has 0 saturated heterocycles. The van der Waals surface area contributed by atoms with E-state index in [0.29, 0.717) is 34.9 Å². The van der Waals surface area contributed by atoms with E-state index in [1.165, 1.54) is 7.11 Å².